The summed E-state index contributed by atoms with van der Waals surface area (Å²) in [6.07, 6.45) is 4.09. The fourth-order valence-corrected chi connectivity index (χ4v) is 2.03. The number of nitrogens with two attached hydrogens (primary N) is 1. The van der Waals surface area contributed by atoms with E-state index in [1.807, 2.05) is 25.1 Å². The van der Waals surface area contributed by atoms with Gasteiger partial charge in [0, 0.05) is 17.3 Å². The van der Waals surface area contributed by atoms with E-state index in [1.54, 1.807) is 0 Å². The number of amides is 1. The molecule has 0 aliphatic heterocycles. The Morgan fingerprint density at radius 3 is 2.67 bits per heavy atom. The molecule has 3 N–H and O–H groups in total. The van der Waals surface area contributed by atoms with Gasteiger partial charge in [0.2, 0.25) is 5.91 Å². The van der Waals surface area contributed by atoms with Crippen LogP contribution < -0.4 is 11.1 Å². The lowest BCUT2D eigenvalue weighted by atomic mass is 9.98. The molecule has 0 aromatic heterocycles. The first-order valence-corrected chi connectivity index (χ1v) is 6.75. The lowest BCUT2D eigenvalue weighted by molar-refractivity contribution is -0.120. The fourth-order valence-electron chi connectivity index (χ4n) is 2.03. The van der Waals surface area contributed by atoms with Gasteiger partial charge >= 0.3 is 0 Å². The SMILES string of the molecule is CCCCC(CC)C(=O)Nc1ccc(N)cc1C. The first kappa shape index (κ1) is 14.6. The molecular formula is C15H24N2O. The van der Waals surface area contributed by atoms with Crippen LogP contribution in [0.3, 0.4) is 0 Å². The smallest absolute Gasteiger partial charge is 0.227 e. The highest BCUT2D eigenvalue weighted by atomic mass is 16.1. The van der Waals surface area contributed by atoms with Crippen molar-refractivity contribution in [2.24, 2.45) is 5.92 Å². The predicted molar refractivity (Wildman–Crippen MR) is 77.5 cm³/mol. The van der Waals surface area contributed by atoms with E-state index in [2.05, 4.69) is 19.2 Å². The molecule has 3 nitrogen and oxygen atoms in total. The van der Waals surface area contributed by atoms with Crippen LogP contribution in [0, 0.1) is 12.8 Å². The van der Waals surface area contributed by atoms with Gasteiger partial charge in [0.05, 0.1) is 0 Å². The van der Waals surface area contributed by atoms with Crippen LogP contribution >= 0.6 is 0 Å². The van der Waals surface area contributed by atoms with Crippen LogP contribution in [-0.4, -0.2) is 5.91 Å². The zero-order chi connectivity index (χ0) is 13.5. The molecule has 1 atom stereocenters. The molecular weight excluding hydrogens is 224 g/mol. The minimum absolute atomic E-state index is 0.113. The Morgan fingerprint density at radius 1 is 1.39 bits per heavy atom. The van der Waals surface area contributed by atoms with Gasteiger partial charge in [-0.1, -0.05) is 26.7 Å². The zero-order valence-electron chi connectivity index (χ0n) is 11.6. The molecule has 0 spiro atoms. The lowest BCUT2D eigenvalue weighted by Gasteiger charge is -2.16. The molecule has 1 rings (SSSR count). The maximum Gasteiger partial charge on any atom is 0.227 e. The van der Waals surface area contributed by atoms with Crippen molar-refractivity contribution in [2.75, 3.05) is 11.1 Å². The summed E-state index contributed by atoms with van der Waals surface area (Å²) in [6.45, 7) is 6.17. The van der Waals surface area contributed by atoms with Crippen molar-refractivity contribution in [3.05, 3.63) is 23.8 Å². The number of anilines is 2. The number of hydrogen-bond donors (Lipinski definition) is 2. The van der Waals surface area contributed by atoms with E-state index >= 15 is 0 Å². The highest BCUT2D eigenvalue weighted by Crippen LogP contribution is 2.20. The lowest BCUT2D eigenvalue weighted by Crippen LogP contribution is -2.22. The molecule has 3 heteroatoms. The highest BCUT2D eigenvalue weighted by molar-refractivity contribution is 5.93. The van der Waals surface area contributed by atoms with Gasteiger partial charge in [0.15, 0.2) is 0 Å². The van der Waals surface area contributed by atoms with Crippen molar-refractivity contribution in [3.8, 4) is 0 Å². The first-order valence-electron chi connectivity index (χ1n) is 6.75. The van der Waals surface area contributed by atoms with E-state index in [0.717, 1.165) is 42.6 Å². The van der Waals surface area contributed by atoms with Crippen molar-refractivity contribution in [3.63, 3.8) is 0 Å². The number of carbonyl (C=O) groups excluding carboxylic acids is 1. The largest absolute Gasteiger partial charge is 0.399 e. The van der Waals surface area contributed by atoms with Crippen LogP contribution in [0.5, 0.6) is 0 Å². The zero-order valence-corrected chi connectivity index (χ0v) is 11.6. The van der Waals surface area contributed by atoms with Crippen LogP contribution in [0.1, 0.15) is 45.1 Å². The standard InChI is InChI=1S/C15H24N2O/c1-4-6-7-12(5-2)15(18)17-14-9-8-13(16)10-11(14)3/h8-10,12H,4-7,16H2,1-3H3,(H,17,18). The Labute approximate surface area is 110 Å². The van der Waals surface area contributed by atoms with Crippen molar-refractivity contribution < 1.29 is 4.79 Å². The molecule has 18 heavy (non-hydrogen) atoms. The molecule has 0 radical (unpaired) electrons. The topological polar surface area (TPSA) is 55.1 Å². The third kappa shape index (κ3) is 4.06. The Morgan fingerprint density at radius 2 is 2.11 bits per heavy atom. The number of unbranched alkanes of at least 4 members (excludes halogenated alkanes) is 1. The number of aryl methyl sites for hydroxylation is 1. The van der Waals surface area contributed by atoms with E-state index in [9.17, 15) is 4.79 Å². The summed E-state index contributed by atoms with van der Waals surface area (Å²) < 4.78 is 0. The summed E-state index contributed by atoms with van der Waals surface area (Å²) in [7, 11) is 0. The van der Waals surface area contributed by atoms with Crippen molar-refractivity contribution in [1.82, 2.24) is 0 Å². The molecule has 0 fully saturated rings. The average molecular weight is 248 g/mol. The number of nitrogens with one attached hydrogen (secondary N) is 1. The number of benzene rings is 1. The minimum Gasteiger partial charge on any atom is -0.399 e. The van der Waals surface area contributed by atoms with E-state index in [4.69, 9.17) is 5.73 Å². The second-order valence-corrected chi connectivity index (χ2v) is 4.81. The van der Waals surface area contributed by atoms with Gasteiger partial charge in [0.25, 0.3) is 0 Å². The molecule has 1 aromatic carbocycles. The van der Waals surface area contributed by atoms with Crippen LogP contribution in [0.25, 0.3) is 0 Å². The maximum absolute atomic E-state index is 12.1. The van der Waals surface area contributed by atoms with Gasteiger partial charge < -0.3 is 11.1 Å². The monoisotopic (exact) mass is 248 g/mol. The summed E-state index contributed by atoms with van der Waals surface area (Å²) in [5.41, 5.74) is 8.30. The predicted octanol–water partition coefficient (Wildman–Crippen LogP) is 3.73. The van der Waals surface area contributed by atoms with E-state index in [0.29, 0.717) is 0 Å². The van der Waals surface area contributed by atoms with Crippen LogP contribution in [0.15, 0.2) is 18.2 Å². The quantitative estimate of drug-likeness (QED) is 0.754. The van der Waals surface area contributed by atoms with Gasteiger partial charge in [-0.05, 0) is 43.5 Å². The molecule has 1 amide bonds. The number of carbonyl (C=O) groups is 1. The molecule has 0 aliphatic carbocycles. The normalized spacial score (nSPS) is 12.2. The third-order valence-electron chi connectivity index (χ3n) is 3.28. The number of hydrogen-bond acceptors (Lipinski definition) is 2. The Bertz CT molecular complexity index is 401. The molecule has 0 saturated carbocycles. The van der Waals surface area contributed by atoms with E-state index in [-0.39, 0.29) is 11.8 Å². The minimum atomic E-state index is 0.113. The molecule has 1 aromatic rings. The summed E-state index contributed by atoms with van der Waals surface area (Å²) in [5, 5.41) is 3.00. The average Bonchev–Trinajstić information content (AvgIpc) is 2.34. The second kappa shape index (κ2) is 7.04. The summed E-state index contributed by atoms with van der Waals surface area (Å²) in [5.74, 6) is 0.237. The van der Waals surface area contributed by atoms with E-state index in [1.165, 1.54) is 0 Å². The van der Waals surface area contributed by atoms with Gasteiger partial charge in [-0.3, -0.25) is 4.79 Å². The van der Waals surface area contributed by atoms with Gasteiger partial charge in [-0.15, -0.1) is 0 Å². The third-order valence-corrected chi connectivity index (χ3v) is 3.28. The summed E-state index contributed by atoms with van der Waals surface area (Å²) in [6, 6.07) is 5.56. The Kier molecular flexibility index (Phi) is 5.69. The number of rotatable bonds is 6. The highest BCUT2D eigenvalue weighted by Gasteiger charge is 2.16. The first-order chi connectivity index (χ1) is 8.58. The van der Waals surface area contributed by atoms with Gasteiger partial charge in [-0.25, -0.2) is 0 Å². The molecule has 0 saturated heterocycles. The second-order valence-electron chi connectivity index (χ2n) is 4.81. The van der Waals surface area contributed by atoms with Crippen LogP contribution in [0.2, 0.25) is 0 Å². The fraction of sp³-hybridized carbons (Fsp3) is 0.533. The van der Waals surface area contributed by atoms with Crippen LogP contribution in [-0.2, 0) is 4.79 Å². The Hall–Kier alpha value is -1.51. The molecule has 0 aliphatic rings. The molecule has 1 unspecified atom stereocenters. The summed E-state index contributed by atoms with van der Waals surface area (Å²) >= 11 is 0. The van der Waals surface area contributed by atoms with Crippen molar-refractivity contribution in [1.29, 1.82) is 0 Å². The van der Waals surface area contributed by atoms with Gasteiger partial charge in [-0.2, -0.15) is 0 Å². The number of nitrogen functional groups attached to an aromatic ring is 1. The summed E-state index contributed by atoms with van der Waals surface area (Å²) in [4.78, 5) is 12.1. The van der Waals surface area contributed by atoms with Gasteiger partial charge in [0.1, 0.15) is 0 Å². The molecule has 0 bridgehead atoms. The van der Waals surface area contributed by atoms with Crippen molar-refractivity contribution in [2.45, 2.75) is 46.5 Å². The maximum atomic E-state index is 12.1. The van der Waals surface area contributed by atoms with Crippen LogP contribution in [0.4, 0.5) is 11.4 Å². The van der Waals surface area contributed by atoms with E-state index < -0.39 is 0 Å². The molecule has 0 heterocycles. The van der Waals surface area contributed by atoms with Crippen molar-refractivity contribution >= 4 is 17.3 Å². The Balaban J connectivity index is 2.67. The molecule has 100 valence electrons.